The van der Waals surface area contributed by atoms with E-state index in [0.717, 1.165) is 56.6 Å². The summed E-state index contributed by atoms with van der Waals surface area (Å²) in [6.45, 7) is 5.29. The molecule has 4 rings (SSSR count). The van der Waals surface area contributed by atoms with E-state index < -0.39 is 0 Å². The molecular weight excluding hydrogens is 378 g/mol. The van der Waals surface area contributed by atoms with Gasteiger partial charge in [0.1, 0.15) is 5.76 Å². The number of nitrogens with one attached hydrogen (secondary N) is 2. The minimum atomic E-state index is 0.0928. The van der Waals surface area contributed by atoms with Gasteiger partial charge in [-0.05, 0) is 49.2 Å². The maximum Gasteiger partial charge on any atom is 0.191 e. The first-order valence-electron chi connectivity index (χ1n) is 10.5. The molecule has 2 aromatic heterocycles. The Hall–Kier alpha value is -3.06. The molecule has 2 N–H and O–H groups in total. The molecule has 1 aromatic carbocycles. The highest BCUT2D eigenvalue weighted by molar-refractivity contribution is 5.80. The van der Waals surface area contributed by atoms with Crippen molar-refractivity contribution in [3.05, 3.63) is 72.4 Å². The van der Waals surface area contributed by atoms with Crippen molar-refractivity contribution in [1.29, 1.82) is 0 Å². The molecule has 3 aromatic rings. The van der Waals surface area contributed by atoms with Gasteiger partial charge in [0, 0.05) is 44.4 Å². The summed E-state index contributed by atoms with van der Waals surface area (Å²) < 4.78 is 12.8. The van der Waals surface area contributed by atoms with Gasteiger partial charge < -0.3 is 19.8 Å². The second-order valence-electron chi connectivity index (χ2n) is 7.59. The van der Waals surface area contributed by atoms with Gasteiger partial charge in [-0.1, -0.05) is 12.1 Å². The van der Waals surface area contributed by atoms with E-state index in [0.29, 0.717) is 5.92 Å². The molecule has 0 radical (unpaired) electrons. The molecule has 1 aliphatic rings. The van der Waals surface area contributed by atoms with Crippen LogP contribution in [0.2, 0.25) is 0 Å². The number of rotatable bonds is 8. The van der Waals surface area contributed by atoms with Crippen molar-refractivity contribution >= 4 is 5.96 Å². The molecule has 0 amide bonds. The fraction of sp³-hybridized carbons (Fsp3) is 0.391. The van der Waals surface area contributed by atoms with Crippen LogP contribution in [0.1, 0.15) is 30.7 Å². The quantitative estimate of drug-likeness (QED) is 0.442. The first-order valence-corrected chi connectivity index (χ1v) is 10.5. The lowest BCUT2D eigenvalue weighted by Crippen LogP contribution is -2.40. The molecule has 3 heterocycles. The van der Waals surface area contributed by atoms with E-state index in [1.165, 1.54) is 5.56 Å². The predicted octanol–water partition coefficient (Wildman–Crippen LogP) is 3.34. The highest BCUT2D eigenvalue weighted by Crippen LogP contribution is 2.17. The average molecular weight is 408 g/mol. The monoisotopic (exact) mass is 407 g/mol. The first kappa shape index (κ1) is 20.2. The molecule has 158 valence electrons. The Morgan fingerprint density at radius 1 is 1.30 bits per heavy atom. The predicted molar refractivity (Wildman–Crippen MR) is 117 cm³/mol. The number of ether oxygens (including phenoxy) is 1. The smallest absolute Gasteiger partial charge is 0.191 e. The Balaban J connectivity index is 1.41. The molecule has 1 saturated heterocycles. The molecule has 0 bridgehead atoms. The van der Waals surface area contributed by atoms with Crippen LogP contribution in [0.15, 0.2) is 70.5 Å². The topological polar surface area (TPSA) is 76.6 Å². The van der Waals surface area contributed by atoms with E-state index in [4.69, 9.17) is 14.1 Å². The average Bonchev–Trinajstić information content (AvgIpc) is 3.55. The molecule has 1 aliphatic heterocycles. The lowest BCUT2D eigenvalue weighted by molar-refractivity contribution is 0.187. The number of nitrogens with zero attached hydrogens (tertiary/aromatic N) is 3. The van der Waals surface area contributed by atoms with Crippen molar-refractivity contribution in [3.63, 3.8) is 0 Å². The van der Waals surface area contributed by atoms with E-state index in [2.05, 4.69) is 46.9 Å². The van der Waals surface area contributed by atoms with Crippen LogP contribution >= 0.6 is 0 Å². The van der Waals surface area contributed by atoms with Gasteiger partial charge in [0.2, 0.25) is 0 Å². The standard InChI is InChI=1S/C23H29N5O2/c1-18(20-5-2-6-21(15-20)28-12-4-10-26-28)27-23(25-16-19-9-14-29-17-19)24-11-8-22-7-3-13-30-22/h2-7,10,12-13,15,18-19H,8-9,11,14,16-17H2,1H3,(H2,24,25,27). The second-order valence-corrected chi connectivity index (χ2v) is 7.59. The van der Waals surface area contributed by atoms with E-state index in [1.54, 1.807) is 12.5 Å². The molecule has 7 nitrogen and oxygen atoms in total. The molecule has 0 aliphatic carbocycles. The third-order valence-electron chi connectivity index (χ3n) is 5.27. The summed E-state index contributed by atoms with van der Waals surface area (Å²) in [6.07, 6.45) is 7.32. The van der Waals surface area contributed by atoms with Crippen LogP contribution in [0.3, 0.4) is 0 Å². The van der Waals surface area contributed by atoms with Gasteiger partial charge in [-0.3, -0.25) is 4.99 Å². The van der Waals surface area contributed by atoms with Gasteiger partial charge in [0.25, 0.3) is 0 Å². The van der Waals surface area contributed by atoms with Crippen molar-refractivity contribution in [3.8, 4) is 5.69 Å². The highest BCUT2D eigenvalue weighted by atomic mass is 16.5. The van der Waals surface area contributed by atoms with Crippen LogP contribution in [-0.4, -0.2) is 42.0 Å². The number of benzene rings is 1. The molecule has 1 fully saturated rings. The summed E-state index contributed by atoms with van der Waals surface area (Å²) in [4.78, 5) is 4.83. The van der Waals surface area contributed by atoms with Gasteiger partial charge in [0.15, 0.2) is 5.96 Å². The number of guanidine groups is 1. The zero-order valence-corrected chi connectivity index (χ0v) is 17.3. The Bertz CT molecular complexity index is 915. The van der Waals surface area contributed by atoms with Gasteiger partial charge in [-0.2, -0.15) is 5.10 Å². The van der Waals surface area contributed by atoms with Gasteiger partial charge in [0.05, 0.1) is 24.6 Å². The van der Waals surface area contributed by atoms with Crippen molar-refractivity contribution in [1.82, 2.24) is 20.4 Å². The third-order valence-corrected chi connectivity index (χ3v) is 5.27. The van der Waals surface area contributed by atoms with Gasteiger partial charge >= 0.3 is 0 Å². The number of furan rings is 1. The minimum absolute atomic E-state index is 0.0928. The van der Waals surface area contributed by atoms with Crippen molar-refractivity contribution in [2.45, 2.75) is 25.8 Å². The third kappa shape index (κ3) is 5.51. The SMILES string of the molecule is CC(NC(=NCC1CCOC1)NCCc1ccco1)c1cccc(-n2cccn2)c1. The fourth-order valence-electron chi connectivity index (χ4n) is 3.51. The van der Waals surface area contributed by atoms with E-state index in [9.17, 15) is 0 Å². The lowest BCUT2D eigenvalue weighted by atomic mass is 10.1. The molecule has 2 unspecified atom stereocenters. The lowest BCUT2D eigenvalue weighted by Gasteiger charge is -2.20. The largest absolute Gasteiger partial charge is 0.469 e. The van der Waals surface area contributed by atoms with Crippen LogP contribution in [0.4, 0.5) is 0 Å². The summed E-state index contributed by atoms with van der Waals surface area (Å²) in [6, 6.07) is 14.3. The number of hydrogen-bond donors (Lipinski definition) is 2. The Morgan fingerprint density at radius 3 is 3.03 bits per heavy atom. The first-order chi connectivity index (χ1) is 14.8. The van der Waals surface area contributed by atoms with Crippen molar-refractivity contribution in [2.75, 3.05) is 26.3 Å². The highest BCUT2D eigenvalue weighted by Gasteiger charge is 2.16. The zero-order chi connectivity index (χ0) is 20.6. The Labute approximate surface area is 177 Å². The van der Waals surface area contributed by atoms with E-state index >= 15 is 0 Å². The summed E-state index contributed by atoms with van der Waals surface area (Å²) in [5.74, 6) is 2.27. The summed E-state index contributed by atoms with van der Waals surface area (Å²) in [5, 5.41) is 11.3. The molecule has 7 heteroatoms. The zero-order valence-electron chi connectivity index (χ0n) is 17.3. The number of aliphatic imine (C=N–C) groups is 1. The Morgan fingerprint density at radius 2 is 2.27 bits per heavy atom. The molecule has 0 spiro atoms. The van der Waals surface area contributed by atoms with Crippen LogP contribution < -0.4 is 10.6 Å². The van der Waals surface area contributed by atoms with Gasteiger partial charge in [-0.25, -0.2) is 4.68 Å². The molecule has 2 atom stereocenters. The Kier molecular flexibility index (Phi) is 6.82. The van der Waals surface area contributed by atoms with Crippen molar-refractivity contribution < 1.29 is 9.15 Å². The van der Waals surface area contributed by atoms with Crippen LogP contribution in [0.25, 0.3) is 5.69 Å². The van der Waals surface area contributed by atoms with Crippen LogP contribution in [0.5, 0.6) is 0 Å². The maximum absolute atomic E-state index is 5.49. The van der Waals surface area contributed by atoms with Crippen molar-refractivity contribution in [2.24, 2.45) is 10.9 Å². The molecule has 0 saturated carbocycles. The summed E-state index contributed by atoms with van der Waals surface area (Å²) in [5.41, 5.74) is 2.21. The van der Waals surface area contributed by atoms with E-state index in [1.807, 2.05) is 29.1 Å². The van der Waals surface area contributed by atoms with Crippen LogP contribution in [0, 0.1) is 5.92 Å². The number of aromatic nitrogens is 2. The molecule has 30 heavy (non-hydrogen) atoms. The normalized spacial score (nSPS) is 17.8. The second kappa shape index (κ2) is 10.1. The minimum Gasteiger partial charge on any atom is -0.469 e. The van der Waals surface area contributed by atoms with E-state index in [-0.39, 0.29) is 6.04 Å². The summed E-state index contributed by atoms with van der Waals surface area (Å²) in [7, 11) is 0. The summed E-state index contributed by atoms with van der Waals surface area (Å²) >= 11 is 0. The van der Waals surface area contributed by atoms with Crippen LogP contribution in [-0.2, 0) is 11.2 Å². The molecular formula is C23H29N5O2. The maximum atomic E-state index is 5.49. The fourth-order valence-corrected chi connectivity index (χ4v) is 3.51. The van der Waals surface area contributed by atoms with Gasteiger partial charge in [-0.15, -0.1) is 0 Å². The number of hydrogen-bond acceptors (Lipinski definition) is 4.